The SMILES string of the molecule is C=C(Sc1ccccc1N)c1cccc(-c2ccc(-c3ccc(-c4ccccc4)cc3)cc2)c1. The smallest absolute Gasteiger partial charge is 0.0455 e. The molecule has 0 unspecified atom stereocenters. The van der Waals surface area contributed by atoms with E-state index in [1.807, 2.05) is 30.3 Å². The van der Waals surface area contributed by atoms with Crippen molar-refractivity contribution in [2.24, 2.45) is 0 Å². The van der Waals surface area contributed by atoms with E-state index in [2.05, 4.69) is 104 Å². The molecule has 1 nitrogen and oxygen atoms in total. The van der Waals surface area contributed by atoms with Gasteiger partial charge in [0.15, 0.2) is 0 Å². The molecule has 0 radical (unpaired) electrons. The lowest BCUT2D eigenvalue weighted by Crippen LogP contribution is -1.88. The number of anilines is 1. The number of nitrogens with two attached hydrogens (primary N) is 1. The van der Waals surface area contributed by atoms with Crippen LogP contribution in [0.1, 0.15) is 5.56 Å². The minimum Gasteiger partial charge on any atom is -0.398 e. The molecule has 164 valence electrons. The Bertz CT molecular complexity index is 1420. The molecule has 0 saturated heterocycles. The topological polar surface area (TPSA) is 26.0 Å². The summed E-state index contributed by atoms with van der Waals surface area (Å²) in [6.45, 7) is 4.29. The second-order valence-corrected chi connectivity index (χ2v) is 9.30. The maximum atomic E-state index is 6.11. The zero-order valence-electron chi connectivity index (χ0n) is 18.8. The minimum absolute atomic E-state index is 0.775. The van der Waals surface area contributed by atoms with Gasteiger partial charge in [0, 0.05) is 15.5 Å². The number of hydrogen-bond donors (Lipinski definition) is 1. The molecule has 5 aromatic carbocycles. The molecule has 2 N–H and O–H groups in total. The van der Waals surface area contributed by atoms with Crippen LogP contribution >= 0.6 is 11.8 Å². The summed E-state index contributed by atoms with van der Waals surface area (Å²) in [6.07, 6.45) is 0. The highest BCUT2D eigenvalue weighted by molar-refractivity contribution is 8.08. The van der Waals surface area contributed by atoms with Gasteiger partial charge in [0.1, 0.15) is 0 Å². The average molecular weight is 456 g/mol. The first kappa shape index (κ1) is 21.8. The Balaban J connectivity index is 1.34. The predicted molar refractivity (Wildman–Crippen MR) is 148 cm³/mol. The average Bonchev–Trinajstić information content (AvgIpc) is 2.91. The van der Waals surface area contributed by atoms with Crippen molar-refractivity contribution < 1.29 is 0 Å². The van der Waals surface area contributed by atoms with Gasteiger partial charge in [-0.15, -0.1) is 0 Å². The Morgan fingerprint density at radius 2 is 0.971 bits per heavy atom. The lowest BCUT2D eigenvalue weighted by atomic mass is 9.97. The summed E-state index contributed by atoms with van der Waals surface area (Å²) >= 11 is 1.61. The van der Waals surface area contributed by atoms with Crippen LogP contribution in [-0.4, -0.2) is 0 Å². The van der Waals surface area contributed by atoms with Gasteiger partial charge in [-0.2, -0.15) is 0 Å². The molecule has 0 fully saturated rings. The van der Waals surface area contributed by atoms with Crippen LogP contribution in [0.25, 0.3) is 38.3 Å². The minimum atomic E-state index is 0.775. The molecule has 0 amide bonds. The van der Waals surface area contributed by atoms with E-state index in [-0.39, 0.29) is 0 Å². The van der Waals surface area contributed by atoms with Crippen LogP contribution in [0.2, 0.25) is 0 Å². The van der Waals surface area contributed by atoms with Gasteiger partial charge in [0.2, 0.25) is 0 Å². The molecule has 5 aromatic rings. The first-order valence-electron chi connectivity index (χ1n) is 11.3. The van der Waals surface area contributed by atoms with Crippen LogP contribution in [0.4, 0.5) is 5.69 Å². The van der Waals surface area contributed by atoms with Gasteiger partial charge in [-0.25, -0.2) is 0 Å². The normalized spacial score (nSPS) is 10.7. The molecule has 5 rings (SSSR count). The summed E-state index contributed by atoms with van der Waals surface area (Å²) in [5.41, 5.74) is 15.2. The van der Waals surface area contributed by atoms with E-state index < -0.39 is 0 Å². The van der Waals surface area contributed by atoms with Gasteiger partial charge in [-0.3, -0.25) is 0 Å². The molecule has 34 heavy (non-hydrogen) atoms. The fraction of sp³-hybridized carbons (Fsp3) is 0. The van der Waals surface area contributed by atoms with E-state index in [9.17, 15) is 0 Å². The summed E-state index contributed by atoms with van der Waals surface area (Å²) in [5.74, 6) is 0. The molecule has 0 aliphatic rings. The van der Waals surface area contributed by atoms with Crippen molar-refractivity contribution in [2.45, 2.75) is 4.90 Å². The number of thioether (sulfide) groups is 1. The van der Waals surface area contributed by atoms with Crippen molar-refractivity contribution in [3.63, 3.8) is 0 Å². The molecule has 0 heterocycles. The lowest BCUT2D eigenvalue weighted by molar-refractivity contribution is 1.47. The fourth-order valence-corrected chi connectivity index (χ4v) is 4.82. The summed E-state index contributed by atoms with van der Waals surface area (Å²) < 4.78 is 0. The van der Waals surface area contributed by atoms with E-state index in [0.29, 0.717) is 0 Å². The molecule has 0 aliphatic heterocycles. The highest BCUT2D eigenvalue weighted by Crippen LogP contribution is 2.37. The second-order valence-electron chi connectivity index (χ2n) is 8.16. The Hall–Kier alpha value is -4.01. The third-order valence-corrected chi connectivity index (χ3v) is 6.95. The number of hydrogen-bond acceptors (Lipinski definition) is 2. The van der Waals surface area contributed by atoms with Gasteiger partial charge >= 0.3 is 0 Å². The van der Waals surface area contributed by atoms with E-state index in [0.717, 1.165) is 21.1 Å². The first-order valence-corrected chi connectivity index (χ1v) is 12.1. The van der Waals surface area contributed by atoms with Crippen molar-refractivity contribution in [3.05, 3.63) is 140 Å². The van der Waals surface area contributed by atoms with Crippen LogP contribution in [0, 0.1) is 0 Å². The van der Waals surface area contributed by atoms with Crippen LogP contribution < -0.4 is 5.73 Å². The zero-order chi connectivity index (χ0) is 23.3. The number of rotatable bonds is 6. The van der Waals surface area contributed by atoms with E-state index in [1.165, 1.54) is 33.4 Å². The highest BCUT2D eigenvalue weighted by Gasteiger charge is 2.07. The van der Waals surface area contributed by atoms with Crippen LogP contribution in [0.3, 0.4) is 0 Å². The number of para-hydroxylation sites is 1. The van der Waals surface area contributed by atoms with Crippen LogP contribution in [0.15, 0.2) is 139 Å². The fourth-order valence-electron chi connectivity index (χ4n) is 3.98. The first-order chi connectivity index (χ1) is 16.7. The Labute approximate surface area is 205 Å². The molecule has 2 heteroatoms. The third kappa shape index (κ3) is 4.83. The van der Waals surface area contributed by atoms with Gasteiger partial charge in [-0.05, 0) is 57.1 Å². The summed E-state index contributed by atoms with van der Waals surface area (Å²) in [5, 5.41) is 0. The van der Waals surface area contributed by atoms with Crippen molar-refractivity contribution >= 4 is 22.4 Å². The van der Waals surface area contributed by atoms with Crippen molar-refractivity contribution in [1.29, 1.82) is 0 Å². The summed E-state index contributed by atoms with van der Waals surface area (Å²) in [4.78, 5) is 2.01. The monoisotopic (exact) mass is 455 g/mol. The number of nitrogen functional groups attached to an aromatic ring is 1. The molecule has 0 spiro atoms. The summed E-state index contributed by atoms with van der Waals surface area (Å²) in [7, 11) is 0. The third-order valence-electron chi connectivity index (χ3n) is 5.88. The van der Waals surface area contributed by atoms with Crippen molar-refractivity contribution in [1.82, 2.24) is 0 Å². The van der Waals surface area contributed by atoms with Crippen LogP contribution in [-0.2, 0) is 0 Å². The second kappa shape index (κ2) is 9.86. The molecular weight excluding hydrogens is 430 g/mol. The quantitative estimate of drug-likeness (QED) is 0.204. The molecule has 0 aliphatic carbocycles. The van der Waals surface area contributed by atoms with Gasteiger partial charge in [-0.1, -0.05) is 128 Å². The Kier molecular flexibility index (Phi) is 6.33. The standard InChI is InChI=1S/C32H25NS/c1-23(34-32-13-6-5-12-31(32)33)29-10-7-11-30(22-29)28-20-18-27(19-21-28)26-16-14-25(15-17-26)24-8-3-2-4-9-24/h2-22H,1,33H2. The molecule has 0 saturated carbocycles. The maximum absolute atomic E-state index is 6.11. The van der Waals surface area contributed by atoms with E-state index >= 15 is 0 Å². The Morgan fingerprint density at radius 3 is 1.56 bits per heavy atom. The van der Waals surface area contributed by atoms with Crippen molar-refractivity contribution in [3.8, 4) is 33.4 Å². The zero-order valence-corrected chi connectivity index (χ0v) is 19.6. The molecule has 0 atom stereocenters. The maximum Gasteiger partial charge on any atom is 0.0455 e. The van der Waals surface area contributed by atoms with Gasteiger partial charge < -0.3 is 5.73 Å². The summed E-state index contributed by atoms with van der Waals surface area (Å²) in [6, 6.07) is 44.4. The lowest BCUT2D eigenvalue weighted by Gasteiger charge is -2.11. The molecule has 0 bridgehead atoms. The largest absolute Gasteiger partial charge is 0.398 e. The van der Waals surface area contributed by atoms with Crippen LogP contribution in [0.5, 0.6) is 0 Å². The van der Waals surface area contributed by atoms with Gasteiger partial charge in [0.25, 0.3) is 0 Å². The van der Waals surface area contributed by atoms with Crippen molar-refractivity contribution in [2.75, 3.05) is 5.73 Å². The molecule has 0 aromatic heterocycles. The molecular formula is C32H25NS. The Morgan fingerprint density at radius 1 is 0.500 bits per heavy atom. The van der Waals surface area contributed by atoms with E-state index in [1.54, 1.807) is 11.8 Å². The van der Waals surface area contributed by atoms with E-state index in [4.69, 9.17) is 5.73 Å². The highest BCUT2D eigenvalue weighted by atomic mass is 32.2. The predicted octanol–water partition coefficient (Wildman–Crippen LogP) is 9.03. The van der Waals surface area contributed by atoms with Gasteiger partial charge in [0.05, 0.1) is 0 Å². The number of benzene rings is 5.